The Bertz CT molecular complexity index is 525. The van der Waals surface area contributed by atoms with Crippen LogP contribution < -0.4 is 38.0 Å². The molecular formula is C12H16INO2S. The largest absolute Gasteiger partial charge is 1.00 e. The number of hydrogen-bond acceptors (Lipinski definition) is 3. The van der Waals surface area contributed by atoms with Gasteiger partial charge in [-0.15, -0.1) is 0 Å². The van der Waals surface area contributed by atoms with Crippen LogP contribution in [0.1, 0.15) is 11.9 Å². The van der Waals surface area contributed by atoms with Crippen molar-refractivity contribution in [1.29, 1.82) is 0 Å². The maximum absolute atomic E-state index is 5.41. The number of halogens is 1. The van der Waals surface area contributed by atoms with Crippen LogP contribution in [-0.4, -0.2) is 14.2 Å². The first-order valence-electron chi connectivity index (χ1n) is 5.26. The zero-order valence-corrected chi connectivity index (χ0v) is 13.4. The summed E-state index contributed by atoms with van der Waals surface area (Å²) in [5.74, 6) is 1.82. The van der Waals surface area contributed by atoms with Crippen molar-refractivity contribution in [2.45, 2.75) is 20.4 Å². The van der Waals surface area contributed by atoms with Crippen LogP contribution in [0.4, 0.5) is 0 Å². The molecule has 1 aromatic heterocycles. The van der Waals surface area contributed by atoms with E-state index in [0.717, 1.165) is 28.3 Å². The molecule has 0 radical (unpaired) electrons. The molecule has 0 amide bonds. The third-order valence-electron chi connectivity index (χ3n) is 2.71. The minimum absolute atomic E-state index is 0. The Kier molecular flexibility index (Phi) is 5.00. The van der Waals surface area contributed by atoms with Crippen LogP contribution in [-0.2, 0) is 6.54 Å². The van der Waals surface area contributed by atoms with Gasteiger partial charge in [0, 0.05) is 6.92 Å². The van der Waals surface area contributed by atoms with Gasteiger partial charge in [0.05, 0.1) is 14.2 Å². The minimum Gasteiger partial charge on any atom is -1.00 e. The lowest BCUT2D eigenvalue weighted by molar-refractivity contribution is -0.669. The van der Waals surface area contributed by atoms with Crippen LogP contribution in [0.2, 0.25) is 0 Å². The number of thiazole rings is 1. The topological polar surface area (TPSA) is 22.3 Å². The molecule has 2 aromatic rings. The molecule has 0 spiro atoms. The second kappa shape index (κ2) is 5.86. The zero-order valence-electron chi connectivity index (χ0n) is 10.4. The first-order valence-corrected chi connectivity index (χ1v) is 6.08. The number of hydrogen-bond donors (Lipinski definition) is 0. The molecule has 3 nitrogen and oxygen atoms in total. The Balaban J connectivity index is 0.00000144. The summed E-state index contributed by atoms with van der Waals surface area (Å²) in [6.45, 7) is 5.19. The second-order valence-corrected chi connectivity index (χ2v) is 4.72. The molecule has 0 fully saturated rings. The molecule has 0 unspecified atom stereocenters. The predicted octanol–water partition coefficient (Wildman–Crippen LogP) is -0.462. The number of aryl methyl sites for hydroxylation is 2. The lowest BCUT2D eigenvalue weighted by Crippen LogP contribution is -3.00. The van der Waals surface area contributed by atoms with Crippen molar-refractivity contribution in [3.05, 3.63) is 17.1 Å². The SMILES string of the molecule is CC[n+]1c(C)sc2c(OC)ccc(OC)c21.[I-]. The third-order valence-corrected chi connectivity index (χ3v) is 3.83. The molecule has 0 aliphatic rings. The van der Waals surface area contributed by atoms with E-state index in [0.29, 0.717) is 0 Å². The fourth-order valence-electron chi connectivity index (χ4n) is 1.96. The number of aromatic nitrogens is 1. The predicted molar refractivity (Wildman–Crippen MR) is 65.5 cm³/mol. The monoisotopic (exact) mass is 365 g/mol. The summed E-state index contributed by atoms with van der Waals surface area (Å²) in [6, 6.07) is 3.91. The molecular weight excluding hydrogens is 349 g/mol. The fraction of sp³-hybridized carbons (Fsp3) is 0.417. The van der Waals surface area contributed by atoms with Crippen LogP contribution in [0.25, 0.3) is 10.2 Å². The normalized spacial score (nSPS) is 10.1. The Hall–Kier alpha value is -0.560. The highest BCUT2D eigenvalue weighted by Crippen LogP contribution is 2.35. The Morgan fingerprint density at radius 3 is 2.29 bits per heavy atom. The van der Waals surface area contributed by atoms with Crippen molar-refractivity contribution < 1.29 is 38.0 Å². The number of rotatable bonds is 3. The smallest absolute Gasteiger partial charge is 0.269 e. The summed E-state index contributed by atoms with van der Waals surface area (Å²) in [4.78, 5) is 0. The molecule has 0 saturated carbocycles. The number of methoxy groups -OCH3 is 2. The van der Waals surface area contributed by atoms with Crippen LogP contribution in [0.15, 0.2) is 12.1 Å². The van der Waals surface area contributed by atoms with Gasteiger partial charge in [0.1, 0.15) is 12.3 Å². The summed E-state index contributed by atoms with van der Waals surface area (Å²) in [6.07, 6.45) is 0. The van der Waals surface area contributed by atoms with Gasteiger partial charge in [0.15, 0.2) is 10.4 Å². The first kappa shape index (κ1) is 14.5. The summed E-state index contributed by atoms with van der Waals surface area (Å²) in [5, 5.41) is 1.26. The lowest BCUT2D eigenvalue weighted by Gasteiger charge is -2.03. The molecule has 1 heterocycles. The molecule has 1 aromatic carbocycles. The van der Waals surface area contributed by atoms with E-state index in [-0.39, 0.29) is 24.0 Å². The summed E-state index contributed by atoms with van der Waals surface area (Å²) >= 11 is 1.74. The van der Waals surface area contributed by atoms with Gasteiger partial charge in [-0.2, -0.15) is 4.57 Å². The maximum atomic E-state index is 5.41. The van der Waals surface area contributed by atoms with Crippen LogP contribution in [0.5, 0.6) is 11.5 Å². The lowest BCUT2D eigenvalue weighted by atomic mass is 10.3. The van der Waals surface area contributed by atoms with E-state index >= 15 is 0 Å². The molecule has 0 atom stereocenters. The van der Waals surface area contributed by atoms with E-state index in [9.17, 15) is 0 Å². The van der Waals surface area contributed by atoms with Crippen molar-refractivity contribution in [3.63, 3.8) is 0 Å². The van der Waals surface area contributed by atoms with E-state index in [1.54, 1.807) is 25.6 Å². The molecule has 5 heteroatoms. The second-order valence-electron chi connectivity index (χ2n) is 3.51. The first-order chi connectivity index (χ1) is 7.72. The Morgan fingerprint density at radius 2 is 1.76 bits per heavy atom. The van der Waals surface area contributed by atoms with E-state index in [2.05, 4.69) is 18.4 Å². The molecule has 0 N–H and O–H groups in total. The summed E-state index contributed by atoms with van der Waals surface area (Å²) in [5.41, 5.74) is 1.13. The van der Waals surface area contributed by atoms with E-state index < -0.39 is 0 Å². The van der Waals surface area contributed by atoms with Crippen LogP contribution in [0, 0.1) is 6.92 Å². The molecule has 0 aliphatic heterocycles. The van der Waals surface area contributed by atoms with Gasteiger partial charge >= 0.3 is 0 Å². The molecule has 0 bridgehead atoms. The van der Waals surface area contributed by atoms with Crippen molar-refractivity contribution in [2.24, 2.45) is 0 Å². The van der Waals surface area contributed by atoms with Gasteiger partial charge in [-0.3, -0.25) is 0 Å². The van der Waals surface area contributed by atoms with Crippen molar-refractivity contribution >= 4 is 21.6 Å². The Labute approximate surface area is 122 Å². The Morgan fingerprint density at radius 1 is 1.18 bits per heavy atom. The molecule has 0 saturated heterocycles. The number of nitrogens with zero attached hydrogens (tertiary/aromatic N) is 1. The molecule has 0 aliphatic carbocycles. The van der Waals surface area contributed by atoms with Crippen LogP contribution >= 0.6 is 11.3 Å². The van der Waals surface area contributed by atoms with Crippen molar-refractivity contribution in [3.8, 4) is 11.5 Å². The highest BCUT2D eigenvalue weighted by molar-refractivity contribution is 7.18. The zero-order chi connectivity index (χ0) is 11.7. The van der Waals surface area contributed by atoms with Crippen LogP contribution in [0.3, 0.4) is 0 Å². The van der Waals surface area contributed by atoms with E-state index in [1.165, 1.54) is 5.01 Å². The van der Waals surface area contributed by atoms with Gasteiger partial charge in [-0.25, -0.2) is 0 Å². The van der Waals surface area contributed by atoms with E-state index in [4.69, 9.17) is 9.47 Å². The highest BCUT2D eigenvalue weighted by atomic mass is 127. The summed E-state index contributed by atoms with van der Waals surface area (Å²) in [7, 11) is 3.40. The van der Waals surface area contributed by atoms with E-state index in [1.807, 2.05) is 12.1 Å². The fourth-order valence-corrected chi connectivity index (χ4v) is 3.14. The van der Waals surface area contributed by atoms with Gasteiger partial charge in [0.2, 0.25) is 5.01 Å². The van der Waals surface area contributed by atoms with Crippen molar-refractivity contribution in [1.82, 2.24) is 0 Å². The van der Waals surface area contributed by atoms with Crippen molar-refractivity contribution in [2.75, 3.05) is 14.2 Å². The summed E-state index contributed by atoms with van der Waals surface area (Å²) < 4.78 is 14.2. The average Bonchev–Trinajstić information content (AvgIpc) is 2.64. The number of ether oxygens (including phenoxy) is 2. The van der Waals surface area contributed by atoms with Gasteiger partial charge < -0.3 is 33.5 Å². The van der Waals surface area contributed by atoms with Gasteiger partial charge in [-0.05, 0) is 19.1 Å². The number of benzene rings is 1. The minimum atomic E-state index is 0. The van der Waals surface area contributed by atoms with Gasteiger partial charge in [0.25, 0.3) is 5.52 Å². The highest BCUT2D eigenvalue weighted by Gasteiger charge is 2.23. The molecule has 94 valence electrons. The average molecular weight is 365 g/mol. The molecule has 17 heavy (non-hydrogen) atoms. The maximum Gasteiger partial charge on any atom is 0.269 e. The standard InChI is InChI=1S/C12H16NO2S.HI/c1-5-13-8(2)16-12-10(15-4)7-6-9(14-3)11(12)13;/h6-7H,5H2,1-4H3;1H/q+1;/p-1. The number of fused-ring (bicyclic) bond motifs is 1. The van der Waals surface area contributed by atoms with Gasteiger partial charge in [-0.1, -0.05) is 11.3 Å². The third kappa shape index (κ3) is 2.35. The molecule has 2 rings (SSSR count). The quantitative estimate of drug-likeness (QED) is 0.543.